The van der Waals surface area contributed by atoms with Crippen LogP contribution in [-0.4, -0.2) is 57.3 Å². The molecule has 3 atom stereocenters. The molecule has 0 aromatic rings. The minimum absolute atomic E-state index is 0.0808. The van der Waals surface area contributed by atoms with Gasteiger partial charge in [0, 0.05) is 0 Å². The van der Waals surface area contributed by atoms with Crippen molar-refractivity contribution in [3.63, 3.8) is 0 Å². The van der Waals surface area contributed by atoms with Crippen molar-refractivity contribution in [2.75, 3.05) is 19.6 Å². The monoisotopic (exact) mass is 484 g/mol. The average Bonchev–Trinajstić information content (AvgIpc) is 2.79. The number of unbranched alkanes of at least 4 members (excludes halogenated alkanes) is 8. The lowest BCUT2D eigenvalue weighted by molar-refractivity contribution is -0.887. The SMILES string of the molecule is CCCCCCCCCC/C=C/[N+](CC(CC)C(=O)O)(CC(CC)C(=O)O)CC(CC)C(=O)O. The number of carbonyl (C=O) groups is 3. The van der Waals surface area contributed by atoms with E-state index in [2.05, 4.69) is 6.92 Å². The van der Waals surface area contributed by atoms with E-state index in [9.17, 15) is 29.7 Å². The molecule has 7 heteroatoms. The predicted molar refractivity (Wildman–Crippen MR) is 135 cm³/mol. The molecule has 0 bridgehead atoms. The second-order valence-electron chi connectivity index (χ2n) is 9.74. The lowest BCUT2D eigenvalue weighted by atomic mass is 9.96. The topological polar surface area (TPSA) is 112 Å². The molecule has 0 spiro atoms. The highest BCUT2D eigenvalue weighted by Gasteiger charge is 2.39. The lowest BCUT2D eigenvalue weighted by Gasteiger charge is -2.40. The van der Waals surface area contributed by atoms with E-state index >= 15 is 0 Å². The highest BCUT2D eigenvalue weighted by Crippen LogP contribution is 2.25. The van der Waals surface area contributed by atoms with Crippen LogP contribution in [0.5, 0.6) is 0 Å². The summed E-state index contributed by atoms with van der Waals surface area (Å²) in [5.74, 6) is -4.75. The van der Waals surface area contributed by atoms with Crippen molar-refractivity contribution in [1.29, 1.82) is 0 Å². The Bertz CT molecular complexity index is 558. The van der Waals surface area contributed by atoms with Gasteiger partial charge in [0.2, 0.25) is 0 Å². The second kappa shape index (κ2) is 18.4. The Labute approximate surface area is 206 Å². The molecule has 0 fully saturated rings. The average molecular weight is 485 g/mol. The minimum atomic E-state index is -0.923. The van der Waals surface area contributed by atoms with E-state index in [1.807, 2.05) is 12.3 Å². The van der Waals surface area contributed by atoms with Crippen molar-refractivity contribution in [3.8, 4) is 0 Å². The Morgan fingerprint density at radius 3 is 1.29 bits per heavy atom. The van der Waals surface area contributed by atoms with Crippen molar-refractivity contribution in [2.24, 2.45) is 17.8 Å². The summed E-state index contributed by atoms with van der Waals surface area (Å²) in [4.78, 5) is 35.6. The maximum absolute atomic E-state index is 11.9. The third-order valence-electron chi connectivity index (χ3n) is 6.92. The first-order valence-corrected chi connectivity index (χ1v) is 13.4. The molecule has 0 amide bonds. The Morgan fingerprint density at radius 1 is 0.618 bits per heavy atom. The molecule has 3 unspecified atom stereocenters. The molecule has 198 valence electrons. The molecule has 0 aliphatic heterocycles. The molecule has 3 N–H and O–H groups in total. The highest BCUT2D eigenvalue weighted by molar-refractivity contribution is 5.71. The van der Waals surface area contributed by atoms with Gasteiger partial charge in [-0.05, 0) is 38.2 Å². The van der Waals surface area contributed by atoms with Crippen molar-refractivity contribution in [1.82, 2.24) is 0 Å². The molecule has 0 aliphatic carbocycles. The van der Waals surface area contributed by atoms with Gasteiger partial charge in [-0.2, -0.15) is 0 Å². The number of carboxylic acid groups (broad SMARTS) is 3. The van der Waals surface area contributed by atoms with Crippen LogP contribution in [0.3, 0.4) is 0 Å². The van der Waals surface area contributed by atoms with Gasteiger partial charge in [0.1, 0.15) is 17.8 Å². The zero-order valence-corrected chi connectivity index (χ0v) is 22.0. The largest absolute Gasteiger partial charge is 0.481 e. The molecule has 0 aliphatic rings. The van der Waals surface area contributed by atoms with Gasteiger partial charge < -0.3 is 15.3 Å². The van der Waals surface area contributed by atoms with Crippen LogP contribution in [0.2, 0.25) is 0 Å². The van der Waals surface area contributed by atoms with E-state index in [-0.39, 0.29) is 24.1 Å². The third kappa shape index (κ3) is 13.1. The van der Waals surface area contributed by atoms with Crippen LogP contribution >= 0.6 is 0 Å². The van der Waals surface area contributed by atoms with Gasteiger partial charge >= 0.3 is 17.9 Å². The van der Waals surface area contributed by atoms with Gasteiger partial charge in [-0.15, -0.1) is 0 Å². The van der Waals surface area contributed by atoms with E-state index in [4.69, 9.17) is 0 Å². The molecule has 0 radical (unpaired) electrons. The molecule has 34 heavy (non-hydrogen) atoms. The molecule has 0 aromatic carbocycles. The Morgan fingerprint density at radius 2 is 0.971 bits per heavy atom. The van der Waals surface area contributed by atoms with Crippen molar-refractivity contribution < 1.29 is 34.2 Å². The quantitative estimate of drug-likeness (QED) is 0.125. The maximum Gasteiger partial charge on any atom is 0.312 e. The Kier molecular flexibility index (Phi) is 17.4. The van der Waals surface area contributed by atoms with Gasteiger partial charge in [0.05, 0.1) is 25.8 Å². The lowest BCUT2D eigenvalue weighted by Crippen LogP contribution is -2.54. The number of aliphatic carboxylic acids is 3. The number of allylic oxidation sites excluding steroid dienone is 1. The fourth-order valence-electron chi connectivity index (χ4n) is 4.56. The van der Waals surface area contributed by atoms with Crippen LogP contribution in [0.1, 0.15) is 105 Å². The number of nitrogens with zero attached hydrogens (tertiary/aromatic N) is 1. The number of hydrogen-bond donors (Lipinski definition) is 3. The van der Waals surface area contributed by atoms with E-state index < -0.39 is 35.7 Å². The standard InChI is InChI=1S/C27H49NO6/c1-5-9-10-11-12-13-14-15-16-17-18-28(19-22(6-2)25(29)30,20-23(7-3)26(31)32)21-24(8-4)27(33)34/h17-18,22-24H,5-16,19-21H2,1-4H3,(H2-,29,30,31,32,33,34)/p+1/b18-17+. The van der Waals surface area contributed by atoms with Gasteiger partial charge in [-0.1, -0.05) is 72.6 Å². The summed E-state index contributed by atoms with van der Waals surface area (Å²) < 4.78 is 0.0808. The molecular weight excluding hydrogens is 434 g/mol. The minimum Gasteiger partial charge on any atom is -0.481 e. The number of hydrogen-bond acceptors (Lipinski definition) is 3. The van der Waals surface area contributed by atoms with Crippen molar-refractivity contribution in [2.45, 2.75) is 105 Å². The van der Waals surface area contributed by atoms with Crippen LogP contribution < -0.4 is 0 Å². The van der Waals surface area contributed by atoms with Gasteiger partial charge in [0.15, 0.2) is 0 Å². The predicted octanol–water partition coefficient (Wildman–Crippen LogP) is 6.18. The molecule has 0 saturated carbocycles. The molecular formula is C27H50NO6+. The van der Waals surface area contributed by atoms with Crippen LogP contribution in [0.4, 0.5) is 0 Å². The van der Waals surface area contributed by atoms with Crippen LogP contribution in [0.25, 0.3) is 0 Å². The second-order valence-corrected chi connectivity index (χ2v) is 9.74. The summed E-state index contributed by atoms with van der Waals surface area (Å²) in [6, 6.07) is 0. The highest BCUT2D eigenvalue weighted by atomic mass is 16.4. The Hall–Kier alpha value is -1.89. The van der Waals surface area contributed by atoms with Gasteiger partial charge in [-0.25, -0.2) is 0 Å². The van der Waals surface area contributed by atoms with Gasteiger partial charge in [0.25, 0.3) is 0 Å². The molecule has 7 nitrogen and oxygen atoms in total. The summed E-state index contributed by atoms with van der Waals surface area (Å²) in [5, 5.41) is 29.2. The normalized spacial score (nSPS) is 16.1. The summed E-state index contributed by atoms with van der Waals surface area (Å²) >= 11 is 0. The van der Waals surface area contributed by atoms with E-state index in [0.29, 0.717) is 19.3 Å². The first-order chi connectivity index (χ1) is 16.2. The maximum atomic E-state index is 11.9. The molecule has 0 aromatic heterocycles. The first-order valence-electron chi connectivity index (χ1n) is 13.4. The fourth-order valence-corrected chi connectivity index (χ4v) is 4.56. The summed E-state index contributed by atoms with van der Waals surface area (Å²) in [6.07, 6.45) is 15.7. The van der Waals surface area contributed by atoms with Crippen LogP contribution in [0, 0.1) is 17.8 Å². The van der Waals surface area contributed by atoms with E-state index in [1.54, 1.807) is 20.8 Å². The molecule has 0 heterocycles. The first kappa shape index (κ1) is 32.1. The fraction of sp³-hybridized carbons (Fsp3) is 0.815. The van der Waals surface area contributed by atoms with E-state index in [0.717, 1.165) is 19.3 Å². The summed E-state index contributed by atoms with van der Waals surface area (Å²) in [7, 11) is 0. The van der Waals surface area contributed by atoms with Crippen LogP contribution in [0.15, 0.2) is 12.3 Å². The van der Waals surface area contributed by atoms with Crippen LogP contribution in [-0.2, 0) is 14.4 Å². The number of rotatable bonds is 22. The molecule has 0 rings (SSSR count). The number of quaternary nitrogens is 1. The Balaban J connectivity index is 5.59. The molecule has 0 saturated heterocycles. The van der Waals surface area contributed by atoms with Gasteiger partial charge in [-0.3, -0.25) is 18.9 Å². The number of carboxylic acids is 3. The zero-order valence-electron chi connectivity index (χ0n) is 22.0. The van der Waals surface area contributed by atoms with E-state index in [1.165, 1.54) is 38.5 Å². The summed E-state index contributed by atoms with van der Waals surface area (Å²) in [6.45, 7) is 8.23. The van der Waals surface area contributed by atoms with Crippen molar-refractivity contribution >= 4 is 17.9 Å². The third-order valence-corrected chi connectivity index (χ3v) is 6.92. The zero-order chi connectivity index (χ0) is 26.0. The smallest absolute Gasteiger partial charge is 0.312 e. The summed E-state index contributed by atoms with van der Waals surface area (Å²) in [5.41, 5.74) is 0. The van der Waals surface area contributed by atoms with Crippen molar-refractivity contribution in [3.05, 3.63) is 12.3 Å².